The summed E-state index contributed by atoms with van der Waals surface area (Å²) in [5, 5.41) is 12.4. The third-order valence-electron chi connectivity index (χ3n) is 3.82. The van der Waals surface area contributed by atoms with E-state index in [4.69, 9.17) is 33.4 Å². The molecule has 8 nitrogen and oxygen atoms in total. The SMILES string of the molecule is NC(=O)CCc1nnc(SCC(=O)Nc2cc(Cl)ccc2Cl)n1Cc1ccco1. The number of anilines is 1. The Hall–Kier alpha value is -2.49. The summed E-state index contributed by atoms with van der Waals surface area (Å²) in [6.07, 6.45) is 2.06. The van der Waals surface area contributed by atoms with Crippen LogP contribution < -0.4 is 11.1 Å². The molecule has 0 aliphatic rings. The summed E-state index contributed by atoms with van der Waals surface area (Å²) in [6.45, 7) is 0.373. The number of nitrogens with zero attached hydrogens (tertiary/aromatic N) is 3. The van der Waals surface area contributed by atoms with E-state index in [9.17, 15) is 9.59 Å². The van der Waals surface area contributed by atoms with Crippen LogP contribution in [-0.4, -0.2) is 32.3 Å². The van der Waals surface area contributed by atoms with Crippen LogP contribution >= 0.6 is 35.0 Å². The average Bonchev–Trinajstić information content (AvgIpc) is 3.32. The van der Waals surface area contributed by atoms with E-state index in [1.165, 1.54) is 11.8 Å². The van der Waals surface area contributed by atoms with Crippen molar-refractivity contribution in [1.29, 1.82) is 0 Å². The lowest BCUT2D eigenvalue weighted by Crippen LogP contribution is -2.16. The van der Waals surface area contributed by atoms with Crippen molar-refractivity contribution < 1.29 is 14.0 Å². The molecule has 0 aliphatic carbocycles. The van der Waals surface area contributed by atoms with Crippen molar-refractivity contribution in [2.45, 2.75) is 24.5 Å². The molecule has 2 amide bonds. The Labute approximate surface area is 180 Å². The Balaban J connectivity index is 1.69. The van der Waals surface area contributed by atoms with Crippen LogP contribution in [0.3, 0.4) is 0 Å². The van der Waals surface area contributed by atoms with Gasteiger partial charge in [0.05, 0.1) is 29.3 Å². The molecule has 0 radical (unpaired) electrons. The second-order valence-corrected chi connectivity index (χ2v) is 7.78. The standard InChI is InChI=1S/C18H17Cl2N5O3S/c19-11-3-4-13(20)14(8-11)22-17(27)10-29-18-24-23-16(6-5-15(21)26)25(18)9-12-2-1-7-28-12/h1-4,7-8H,5-6,9-10H2,(H2,21,26)(H,22,27). The van der Waals surface area contributed by atoms with Crippen LogP contribution in [-0.2, 0) is 22.6 Å². The van der Waals surface area contributed by atoms with E-state index >= 15 is 0 Å². The van der Waals surface area contributed by atoms with Crippen molar-refractivity contribution in [3.05, 3.63) is 58.2 Å². The molecule has 29 heavy (non-hydrogen) atoms. The van der Waals surface area contributed by atoms with Gasteiger partial charge in [-0.3, -0.25) is 14.2 Å². The molecule has 152 valence electrons. The first kappa shape index (κ1) is 21.2. The zero-order chi connectivity index (χ0) is 20.8. The van der Waals surface area contributed by atoms with E-state index in [1.807, 2.05) is 6.07 Å². The van der Waals surface area contributed by atoms with Crippen LogP contribution in [0.2, 0.25) is 10.0 Å². The second kappa shape index (κ2) is 9.82. The maximum absolute atomic E-state index is 12.3. The third kappa shape index (κ3) is 5.99. The molecular formula is C18H17Cl2N5O3S. The molecule has 0 saturated heterocycles. The Morgan fingerprint density at radius 3 is 2.79 bits per heavy atom. The van der Waals surface area contributed by atoms with E-state index in [0.717, 1.165) is 0 Å². The van der Waals surface area contributed by atoms with Gasteiger partial charge in [0.2, 0.25) is 11.8 Å². The summed E-state index contributed by atoms with van der Waals surface area (Å²) in [5.74, 6) is 0.660. The fourth-order valence-corrected chi connectivity index (χ4v) is 3.57. The van der Waals surface area contributed by atoms with E-state index in [-0.39, 0.29) is 18.1 Å². The first-order valence-electron chi connectivity index (χ1n) is 8.53. The van der Waals surface area contributed by atoms with Gasteiger partial charge in [-0.1, -0.05) is 35.0 Å². The molecule has 11 heteroatoms. The van der Waals surface area contributed by atoms with Gasteiger partial charge in [0.1, 0.15) is 11.6 Å². The van der Waals surface area contributed by atoms with Crippen molar-refractivity contribution in [3.8, 4) is 0 Å². The van der Waals surface area contributed by atoms with Crippen LogP contribution in [0.15, 0.2) is 46.2 Å². The van der Waals surface area contributed by atoms with Gasteiger partial charge < -0.3 is 15.5 Å². The van der Waals surface area contributed by atoms with Crippen LogP contribution in [0, 0.1) is 0 Å². The van der Waals surface area contributed by atoms with E-state index in [1.54, 1.807) is 35.1 Å². The van der Waals surface area contributed by atoms with Gasteiger partial charge >= 0.3 is 0 Å². The number of carbonyl (C=O) groups is 2. The fourth-order valence-electron chi connectivity index (χ4n) is 2.47. The van der Waals surface area contributed by atoms with Gasteiger partial charge in [0.25, 0.3) is 0 Å². The van der Waals surface area contributed by atoms with Crippen LogP contribution in [0.1, 0.15) is 18.0 Å². The Kier molecular flexibility index (Phi) is 7.18. The summed E-state index contributed by atoms with van der Waals surface area (Å²) < 4.78 is 7.19. The van der Waals surface area contributed by atoms with Gasteiger partial charge in [-0.25, -0.2) is 0 Å². The van der Waals surface area contributed by atoms with Gasteiger partial charge in [-0.05, 0) is 30.3 Å². The zero-order valence-electron chi connectivity index (χ0n) is 15.1. The highest BCUT2D eigenvalue weighted by molar-refractivity contribution is 7.99. The van der Waals surface area contributed by atoms with Crippen molar-refractivity contribution in [2.24, 2.45) is 5.73 Å². The van der Waals surface area contributed by atoms with Crippen LogP contribution in [0.5, 0.6) is 0 Å². The lowest BCUT2D eigenvalue weighted by atomic mass is 10.3. The fraction of sp³-hybridized carbons (Fsp3) is 0.222. The molecule has 1 aromatic carbocycles. The van der Waals surface area contributed by atoms with Crippen LogP contribution in [0.4, 0.5) is 5.69 Å². The number of amides is 2. The number of rotatable bonds is 9. The highest BCUT2D eigenvalue weighted by Crippen LogP contribution is 2.26. The predicted molar refractivity (Wildman–Crippen MR) is 111 cm³/mol. The summed E-state index contributed by atoms with van der Waals surface area (Å²) >= 11 is 13.2. The minimum absolute atomic E-state index is 0.0783. The number of aromatic nitrogens is 3. The number of carbonyl (C=O) groups excluding carboxylic acids is 2. The molecule has 0 aliphatic heterocycles. The van der Waals surface area contributed by atoms with Crippen molar-refractivity contribution in [1.82, 2.24) is 14.8 Å². The number of nitrogens with one attached hydrogen (secondary N) is 1. The molecular weight excluding hydrogens is 437 g/mol. The highest BCUT2D eigenvalue weighted by atomic mass is 35.5. The molecule has 2 aromatic heterocycles. The maximum Gasteiger partial charge on any atom is 0.234 e. The van der Waals surface area contributed by atoms with E-state index < -0.39 is 5.91 Å². The number of furan rings is 1. The Bertz CT molecular complexity index is 1010. The van der Waals surface area contributed by atoms with Gasteiger partial charge in [0.15, 0.2) is 5.16 Å². The number of primary amides is 1. The molecule has 3 rings (SSSR count). The smallest absolute Gasteiger partial charge is 0.234 e. The third-order valence-corrected chi connectivity index (χ3v) is 5.35. The summed E-state index contributed by atoms with van der Waals surface area (Å²) in [4.78, 5) is 23.4. The Morgan fingerprint density at radius 1 is 1.24 bits per heavy atom. The summed E-state index contributed by atoms with van der Waals surface area (Å²) in [7, 11) is 0. The number of aryl methyl sites for hydroxylation is 1. The monoisotopic (exact) mass is 453 g/mol. The molecule has 0 spiro atoms. The number of nitrogens with two attached hydrogens (primary N) is 1. The number of halogens is 2. The van der Waals surface area contributed by atoms with Crippen molar-refractivity contribution in [2.75, 3.05) is 11.1 Å². The molecule has 0 fully saturated rings. The van der Waals surface area contributed by atoms with E-state index in [0.29, 0.717) is 45.4 Å². The molecule has 0 atom stereocenters. The summed E-state index contributed by atoms with van der Waals surface area (Å²) in [6, 6.07) is 8.42. The van der Waals surface area contributed by atoms with Gasteiger partial charge in [0, 0.05) is 17.9 Å². The molecule has 0 unspecified atom stereocenters. The number of hydrogen-bond donors (Lipinski definition) is 2. The highest BCUT2D eigenvalue weighted by Gasteiger charge is 2.16. The first-order valence-corrected chi connectivity index (χ1v) is 10.3. The summed E-state index contributed by atoms with van der Waals surface area (Å²) in [5.41, 5.74) is 5.67. The van der Waals surface area contributed by atoms with Crippen LogP contribution in [0.25, 0.3) is 0 Å². The lowest BCUT2D eigenvalue weighted by molar-refractivity contribution is -0.118. The normalized spacial score (nSPS) is 10.8. The molecule has 3 aromatic rings. The number of thioether (sulfide) groups is 1. The topological polar surface area (TPSA) is 116 Å². The average molecular weight is 454 g/mol. The van der Waals surface area contributed by atoms with Crippen molar-refractivity contribution in [3.63, 3.8) is 0 Å². The first-order chi connectivity index (χ1) is 13.9. The van der Waals surface area contributed by atoms with Gasteiger partial charge in [-0.15, -0.1) is 10.2 Å². The molecule has 3 N–H and O–H groups in total. The van der Waals surface area contributed by atoms with Crippen molar-refractivity contribution >= 4 is 52.5 Å². The molecule has 2 heterocycles. The molecule has 0 saturated carbocycles. The van der Waals surface area contributed by atoms with Gasteiger partial charge in [-0.2, -0.15) is 0 Å². The largest absolute Gasteiger partial charge is 0.467 e. The molecule has 0 bridgehead atoms. The maximum atomic E-state index is 12.3. The Morgan fingerprint density at radius 2 is 2.07 bits per heavy atom. The zero-order valence-corrected chi connectivity index (χ0v) is 17.4. The predicted octanol–water partition coefficient (Wildman–Crippen LogP) is 3.37. The number of hydrogen-bond acceptors (Lipinski definition) is 6. The van der Waals surface area contributed by atoms with E-state index in [2.05, 4.69) is 15.5 Å². The quantitative estimate of drug-likeness (QED) is 0.479. The minimum Gasteiger partial charge on any atom is -0.467 e. The second-order valence-electron chi connectivity index (χ2n) is 5.99. The number of benzene rings is 1. The lowest BCUT2D eigenvalue weighted by Gasteiger charge is -2.09. The minimum atomic E-state index is -0.426.